The highest BCUT2D eigenvalue weighted by Crippen LogP contribution is 2.23. The van der Waals surface area contributed by atoms with Gasteiger partial charge in [0.1, 0.15) is 36.6 Å². The average molecular weight is 828 g/mol. The van der Waals surface area contributed by atoms with Crippen LogP contribution < -0.4 is 5.32 Å². The van der Waals surface area contributed by atoms with Crippen LogP contribution in [0.1, 0.15) is 200 Å². The van der Waals surface area contributed by atoms with Crippen LogP contribution >= 0.6 is 0 Å². The zero-order valence-electron chi connectivity index (χ0n) is 36.8. The molecule has 0 aromatic heterocycles. The number of nitrogens with one attached hydrogen (secondary N) is 1. The summed E-state index contributed by atoms with van der Waals surface area (Å²) < 4.78 is 11.0. The standard InChI is InChI=1S/C47H89NO10/c1-3-5-7-9-11-13-14-15-16-17-18-19-20-21-22-23-24-25-27-29-31-33-35-40(51)46(56)48-38(37-57-47-45(55)44(54)43(53)41(36-49)58-47)42(52)39(50)34-32-30-28-26-12-10-8-6-4-2/h6,8,26,28,38-45,47,49-55H,3-5,7,9-25,27,29-37H2,1-2H3,(H,48,56)/b8-6+,28-26+. The molecule has 1 saturated heterocycles. The van der Waals surface area contributed by atoms with Crippen molar-refractivity contribution in [3.8, 4) is 0 Å². The summed E-state index contributed by atoms with van der Waals surface area (Å²) in [6.07, 6.45) is 29.8. The lowest BCUT2D eigenvalue weighted by atomic mass is 9.98. The number of hydrogen-bond donors (Lipinski definition) is 8. The molecule has 342 valence electrons. The number of unbranched alkanes of at least 4 members (excludes halogenated alkanes) is 23. The third kappa shape index (κ3) is 26.7. The zero-order chi connectivity index (χ0) is 42.6. The molecule has 8 N–H and O–H groups in total. The first kappa shape index (κ1) is 54.6. The summed E-state index contributed by atoms with van der Waals surface area (Å²) >= 11 is 0. The van der Waals surface area contributed by atoms with Gasteiger partial charge in [0.15, 0.2) is 6.29 Å². The molecule has 11 heteroatoms. The Morgan fingerprint density at radius 1 is 0.603 bits per heavy atom. The lowest BCUT2D eigenvalue weighted by Gasteiger charge is -2.40. The van der Waals surface area contributed by atoms with Crippen LogP contribution in [0, 0.1) is 0 Å². The molecule has 0 bridgehead atoms. The number of carbonyl (C=O) groups excluding carboxylic acids is 1. The smallest absolute Gasteiger partial charge is 0.249 e. The van der Waals surface area contributed by atoms with Crippen molar-refractivity contribution in [3.05, 3.63) is 24.3 Å². The highest BCUT2D eigenvalue weighted by molar-refractivity contribution is 5.80. The van der Waals surface area contributed by atoms with E-state index in [1.807, 2.05) is 6.08 Å². The first-order valence-corrected chi connectivity index (χ1v) is 23.7. The largest absolute Gasteiger partial charge is 0.394 e. The van der Waals surface area contributed by atoms with Gasteiger partial charge < -0.3 is 50.5 Å². The number of amides is 1. The molecule has 1 fully saturated rings. The normalized spacial score (nSPS) is 22.1. The first-order chi connectivity index (χ1) is 28.2. The van der Waals surface area contributed by atoms with Crippen LogP contribution in [-0.2, 0) is 14.3 Å². The highest BCUT2D eigenvalue weighted by Gasteiger charge is 2.44. The van der Waals surface area contributed by atoms with E-state index in [4.69, 9.17) is 9.47 Å². The van der Waals surface area contributed by atoms with Gasteiger partial charge in [0.25, 0.3) is 0 Å². The second-order valence-corrected chi connectivity index (χ2v) is 16.8. The number of allylic oxidation sites excluding steroid dienone is 4. The summed E-state index contributed by atoms with van der Waals surface area (Å²) in [5.41, 5.74) is 0. The van der Waals surface area contributed by atoms with Gasteiger partial charge in [-0.05, 0) is 44.9 Å². The summed E-state index contributed by atoms with van der Waals surface area (Å²) in [5, 5.41) is 75.4. The lowest BCUT2D eigenvalue weighted by Crippen LogP contribution is -2.60. The van der Waals surface area contributed by atoms with E-state index in [2.05, 4.69) is 37.4 Å². The van der Waals surface area contributed by atoms with E-state index in [9.17, 15) is 40.5 Å². The Hall–Kier alpha value is -1.41. The van der Waals surface area contributed by atoms with Gasteiger partial charge in [-0.1, -0.05) is 179 Å². The van der Waals surface area contributed by atoms with Crippen LogP contribution in [0.15, 0.2) is 24.3 Å². The number of carbonyl (C=O) groups is 1. The Kier molecular flexibility index (Phi) is 35.2. The molecule has 9 atom stereocenters. The minimum atomic E-state index is -1.67. The molecular weight excluding hydrogens is 739 g/mol. The Balaban J connectivity index is 2.34. The van der Waals surface area contributed by atoms with Crippen LogP contribution in [0.5, 0.6) is 0 Å². The minimum Gasteiger partial charge on any atom is -0.394 e. The summed E-state index contributed by atoms with van der Waals surface area (Å²) in [6, 6.07) is -1.19. The van der Waals surface area contributed by atoms with Crippen molar-refractivity contribution in [1.29, 1.82) is 0 Å². The molecular formula is C47H89NO10. The molecule has 1 rings (SSSR count). The number of hydrogen-bond acceptors (Lipinski definition) is 10. The van der Waals surface area contributed by atoms with Gasteiger partial charge >= 0.3 is 0 Å². The predicted molar refractivity (Wildman–Crippen MR) is 233 cm³/mol. The zero-order valence-corrected chi connectivity index (χ0v) is 36.8. The number of rotatable bonds is 39. The average Bonchev–Trinajstić information content (AvgIpc) is 3.22. The van der Waals surface area contributed by atoms with Gasteiger partial charge in [-0.2, -0.15) is 0 Å². The van der Waals surface area contributed by atoms with Crippen molar-refractivity contribution < 1.29 is 50.0 Å². The Bertz CT molecular complexity index is 997. The monoisotopic (exact) mass is 828 g/mol. The molecule has 0 saturated carbocycles. The van der Waals surface area contributed by atoms with Crippen LogP contribution in [0.2, 0.25) is 0 Å². The van der Waals surface area contributed by atoms with Gasteiger partial charge in [0.05, 0.1) is 25.4 Å². The van der Waals surface area contributed by atoms with Crippen LogP contribution in [0.3, 0.4) is 0 Å². The van der Waals surface area contributed by atoms with Crippen molar-refractivity contribution in [2.24, 2.45) is 0 Å². The molecule has 0 aromatic rings. The molecule has 0 aromatic carbocycles. The second kappa shape index (κ2) is 37.4. The van der Waals surface area contributed by atoms with Gasteiger partial charge in [-0.25, -0.2) is 0 Å². The molecule has 1 aliphatic heterocycles. The maximum Gasteiger partial charge on any atom is 0.249 e. The van der Waals surface area contributed by atoms with E-state index < -0.39 is 74.2 Å². The SMILES string of the molecule is CC/C=C/CC/C=C/CCCC(O)C(O)C(COC1OC(CO)C(O)C(O)C1O)NC(=O)C(O)CCCCCCCCCCCCCCCCCCCCCCCC. The van der Waals surface area contributed by atoms with E-state index in [1.165, 1.54) is 116 Å². The maximum absolute atomic E-state index is 13.1. The molecule has 0 aliphatic carbocycles. The topological polar surface area (TPSA) is 189 Å². The van der Waals surface area contributed by atoms with Crippen molar-refractivity contribution in [2.45, 2.75) is 255 Å². The summed E-state index contributed by atoms with van der Waals surface area (Å²) in [7, 11) is 0. The molecule has 11 nitrogen and oxygen atoms in total. The van der Waals surface area contributed by atoms with Crippen molar-refractivity contribution >= 4 is 5.91 Å². The summed E-state index contributed by atoms with van der Waals surface area (Å²) in [5.74, 6) is -0.711. The molecule has 58 heavy (non-hydrogen) atoms. The quantitative estimate of drug-likeness (QED) is 0.0224. The lowest BCUT2D eigenvalue weighted by molar-refractivity contribution is -0.303. The van der Waals surface area contributed by atoms with Gasteiger partial charge in [-0.15, -0.1) is 0 Å². The minimum absolute atomic E-state index is 0.246. The molecule has 0 spiro atoms. The Labute approximate surface area is 353 Å². The summed E-state index contributed by atoms with van der Waals surface area (Å²) in [6.45, 7) is 3.29. The van der Waals surface area contributed by atoms with Gasteiger partial charge in [0.2, 0.25) is 5.91 Å². The van der Waals surface area contributed by atoms with E-state index in [-0.39, 0.29) is 12.8 Å². The molecule has 1 heterocycles. The van der Waals surface area contributed by atoms with E-state index in [1.54, 1.807) is 0 Å². The van der Waals surface area contributed by atoms with E-state index in [0.717, 1.165) is 38.5 Å². The predicted octanol–water partition coefficient (Wildman–Crippen LogP) is 7.84. The second-order valence-electron chi connectivity index (χ2n) is 16.8. The van der Waals surface area contributed by atoms with Gasteiger partial charge in [-0.3, -0.25) is 4.79 Å². The Morgan fingerprint density at radius 3 is 1.55 bits per heavy atom. The summed E-state index contributed by atoms with van der Waals surface area (Å²) in [4.78, 5) is 13.1. The Morgan fingerprint density at radius 2 is 1.07 bits per heavy atom. The third-order valence-corrected chi connectivity index (χ3v) is 11.5. The third-order valence-electron chi connectivity index (χ3n) is 11.5. The first-order valence-electron chi connectivity index (χ1n) is 23.7. The van der Waals surface area contributed by atoms with E-state index >= 15 is 0 Å². The molecule has 0 radical (unpaired) electrons. The molecule has 9 unspecified atom stereocenters. The molecule has 1 amide bonds. The number of aliphatic hydroxyl groups excluding tert-OH is 7. The maximum atomic E-state index is 13.1. The highest BCUT2D eigenvalue weighted by atomic mass is 16.7. The van der Waals surface area contributed by atoms with Crippen molar-refractivity contribution in [2.75, 3.05) is 13.2 Å². The van der Waals surface area contributed by atoms with Crippen LogP contribution in [0.25, 0.3) is 0 Å². The van der Waals surface area contributed by atoms with Crippen molar-refractivity contribution in [3.63, 3.8) is 0 Å². The van der Waals surface area contributed by atoms with Gasteiger partial charge in [0, 0.05) is 0 Å². The van der Waals surface area contributed by atoms with E-state index in [0.29, 0.717) is 19.3 Å². The number of aliphatic hydroxyl groups is 7. The molecule has 1 aliphatic rings. The van der Waals surface area contributed by atoms with Crippen LogP contribution in [-0.4, -0.2) is 110 Å². The van der Waals surface area contributed by atoms with Crippen molar-refractivity contribution in [1.82, 2.24) is 5.32 Å². The number of ether oxygens (including phenoxy) is 2. The fourth-order valence-corrected chi connectivity index (χ4v) is 7.58. The fourth-order valence-electron chi connectivity index (χ4n) is 7.58. The fraction of sp³-hybridized carbons (Fsp3) is 0.894. The van der Waals surface area contributed by atoms with Crippen LogP contribution in [0.4, 0.5) is 0 Å².